The van der Waals surface area contributed by atoms with Gasteiger partial charge in [-0.2, -0.15) is 0 Å². The third-order valence-electron chi connectivity index (χ3n) is 4.23. The molecule has 1 atom stereocenters. The lowest BCUT2D eigenvalue weighted by molar-refractivity contribution is 0.397. The highest BCUT2D eigenvalue weighted by Crippen LogP contribution is 2.26. The molecule has 0 fully saturated rings. The molecule has 1 heterocycles. The third-order valence-corrected chi connectivity index (χ3v) is 4.23. The van der Waals surface area contributed by atoms with E-state index in [1.165, 1.54) is 5.56 Å². The van der Waals surface area contributed by atoms with E-state index in [1.807, 2.05) is 49.4 Å². The van der Waals surface area contributed by atoms with E-state index in [1.54, 1.807) is 7.11 Å². The number of ether oxygens (including phenoxy) is 1. The van der Waals surface area contributed by atoms with Gasteiger partial charge in [0.05, 0.1) is 7.11 Å². The Labute approximate surface area is 142 Å². The second-order valence-electron chi connectivity index (χ2n) is 5.81. The van der Waals surface area contributed by atoms with Crippen molar-refractivity contribution < 1.29 is 9.26 Å². The van der Waals surface area contributed by atoms with Crippen LogP contribution in [0.4, 0.5) is 0 Å². The molecule has 124 valence electrons. The minimum atomic E-state index is 0.217. The standard InChI is InChI=1S/C20H22N2O2/c1-14(16-9-11-18(23-3)12-10-16)21-13-19-15(2)24-22-20(19)17-7-5-4-6-8-17/h4-12,14,21H,13H2,1-3H3/t14-/m1/s1. The van der Waals surface area contributed by atoms with Crippen molar-refractivity contribution >= 4 is 0 Å². The molecule has 0 radical (unpaired) electrons. The van der Waals surface area contributed by atoms with Gasteiger partial charge in [-0.1, -0.05) is 47.6 Å². The van der Waals surface area contributed by atoms with Crippen LogP contribution in [0.3, 0.4) is 0 Å². The molecule has 24 heavy (non-hydrogen) atoms. The summed E-state index contributed by atoms with van der Waals surface area (Å²) in [4.78, 5) is 0. The molecule has 1 N–H and O–H groups in total. The Balaban J connectivity index is 1.73. The van der Waals surface area contributed by atoms with E-state index >= 15 is 0 Å². The molecule has 0 aliphatic carbocycles. The van der Waals surface area contributed by atoms with Gasteiger partial charge in [-0.3, -0.25) is 0 Å². The molecule has 2 aromatic carbocycles. The molecule has 1 aromatic heterocycles. The van der Waals surface area contributed by atoms with Crippen molar-refractivity contribution in [2.45, 2.75) is 26.4 Å². The molecule has 3 aromatic rings. The van der Waals surface area contributed by atoms with E-state index in [4.69, 9.17) is 9.26 Å². The van der Waals surface area contributed by atoms with Crippen LogP contribution in [-0.2, 0) is 6.54 Å². The van der Waals surface area contributed by atoms with Gasteiger partial charge in [0, 0.05) is 23.7 Å². The van der Waals surface area contributed by atoms with E-state index < -0.39 is 0 Å². The van der Waals surface area contributed by atoms with Gasteiger partial charge in [0.1, 0.15) is 17.2 Å². The van der Waals surface area contributed by atoms with Crippen LogP contribution in [0.15, 0.2) is 59.1 Å². The van der Waals surface area contributed by atoms with Crippen molar-refractivity contribution in [2.24, 2.45) is 0 Å². The second kappa shape index (κ2) is 7.32. The summed E-state index contributed by atoms with van der Waals surface area (Å²) in [6.45, 7) is 4.80. The number of methoxy groups -OCH3 is 1. The van der Waals surface area contributed by atoms with Crippen LogP contribution in [0.1, 0.15) is 29.9 Å². The first-order valence-electron chi connectivity index (χ1n) is 8.07. The van der Waals surface area contributed by atoms with Crippen molar-refractivity contribution in [3.8, 4) is 17.0 Å². The van der Waals surface area contributed by atoms with Gasteiger partial charge in [0.15, 0.2) is 0 Å². The Kier molecular flexibility index (Phi) is 4.96. The third kappa shape index (κ3) is 3.49. The highest BCUT2D eigenvalue weighted by Gasteiger charge is 2.15. The number of nitrogens with one attached hydrogen (secondary N) is 1. The first-order chi connectivity index (χ1) is 11.7. The Morgan fingerprint density at radius 2 is 1.79 bits per heavy atom. The quantitative estimate of drug-likeness (QED) is 0.725. The number of benzene rings is 2. The van der Waals surface area contributed by atoms with Crippen LogP contribution in [0.25, 0.3) is 11.3 Å². The predicted molar refractivity (Wildman–Crippen MR) is 94.9 cm³/mol. The number of hydrogen-bond acceptors (Lipinski definition) is 4. The fourth-order valence-corrected chi connectivity index (χ4v) is 2.69. The van der Waals surface area contributed by atoms with Gasteiger partial charge in [0.2, 0.25) is 0 Å². The molecule has 3 rings (SSSR count). The van der Waals surface area contributed by atoms with E-state index in [-0.39, 0.29) is 6.04 Å². The van der Waals surface area contributed by atoms with Crippen molar-refractivity contribution in [2.75, 3.05) is 7.11 Å². The van der Waals surface area contributed by atoms with Gasteiger partial charge in [0.25, 0.3) is 0 Å². The normalized spacial score (nSPS) is 12.1. The Bertz CT molecular complexity index is 779. The summed E-state index contributed by atoms with van der Waals surface area (Å²) in [6.07, 6.45) is 0. The van der Waals surface area contributed by atoms with E-state index in [0.29, 0.717) is 6.54 Å². The lowest BCUT2D eigenvalue weighted by atomic mass is 10.0. The number of nitrogens with zero attached hydrogens (tertiary/aromatic N) is 1. The molecule has 0 bridgehead atoms. The fraction of sp³-hybridized carbons (Fsp3) is 0.250. The van der Waals surface area contributed by atoms with E-state index in [0.717, 1.165) is 28.3 Å². The summed E-state index contributed by atoms with van der Waals surface area (Å²) in [5, 5.41) is 7.78. The SMILES string of the molecule is COc1ccc([C@@H](C)NCc2c(-c3ccccc3)noc2C)cc1. The number of rotatable bonds is 6. The monoisotopic (exact) mass is 322 g/mol. The lowest BCUT2D eigenvalue weighted by Gasteiger charge is -2.15. The maximum Gasteiger partial charge on any atom is 0.138 e. The molecular weight excluding hydrogens is 300 g/mol. The molecule has 0 amide bonds. The fourth-order valence-electron chi connectivity index (χ4n) is 2.69. The zero-order chi connectivity index (χ0) is 16.9. The van der Waals surface area contributed by atoms with Gasteiger partial charge in [-0.05, 0) is 31.5 Å². The summed E-state index contributed by atoms with van der Waals surface area (Å²) < 4.78 is 10.6. The second-order valence-corrected chi connectivity index (χ2v) is 5.81. The van der Waals surface area contributed by atoms with Crippen LogP contribution >= 0.6 is 0 Å². The van der Waals surface area contributed by atoms with Crippen LogP contribution in [-0.4, -0.2) is 12.3 Å². The highest BCUT2D eigenvalue weighted by molar-refractivity contribution is 5.63. The summed E-state index contributed by atoms with van der Waals surface area (Å²) in [6, 6.07) is 18.5. The Morgan fingerprint density at radius 3 is 2.46 bits per heavy atom. The van der Waals surface area contributed by atoms with E-state index in [2.05, 4.69) is 29.5 Å². The van der Waals surface area contributed by atoms with Gasteiger partial charge < -0.3 is 14.6 Å². The number of hydrogen-bond donors (Lipinski definition) is 1. The molecule has 4 heteroatoms. The maximum atomic E-state index is 5.41. The van der Waals surface area contributed by atoms with Gasteiger partial charge >= 0.3 is 0 Å². The topological polar surface area (TPSA) is 47.3 Å². The first kappa shape index (κ1) is 16.3. The molecule has 0 unspecified atom stereocenters. The van der Waals surface area contributed by atoms with Crippen molar-refractivity contribution in [1.82, 2.24) is 10.5 Å². The average molecular weight is 322 g/mol. The summed E-state index contributed by atoms with van der Waals surface area (Å²) in [5.74, 6) is 1.72. The molecule has 0 aliphatic rings. The van der Waals surface area contributed by atoms with Crippen LogP contribution in [0, 0.1) is 6.92 Å². The van der Waals surface area contributed by atoms with Crippen molar-refractivity contribution in [3.63, 3.8) is 0 Å². The minimum absolute atomic E-state index is 0.217. The maximum absolute atomic E-state index is 5.41. The summed E-state index contributed by atoms with van der Waals surface area (Å²) >= 11 is 0. The Morgan fingerprint density at radius 1 is 1.08 bits per heavy atom. The Hall–Kier alpha value is -2.59. The molecule has 0 saturated carbocycles. The smallest absolute Gasteiger partial charge is 0.138 e. The summed E-state index contributed by atoms with van der Waals surface area (Å²) in [5.41, 5.74) is 4.29. The largest absolute Gasteiger partial charge is 0.497 e. The zero-order valence-corrected chi connectivity index (χ0v) is 14.2. The van der Waals surface area contributed by atoms with Crippen LogP contribution in [0.5, 0.6) is 5.75 Å². The van der Waals surface area contributed by atoms with Crippen molar-refractivity contribution in [3.05, 3.63) is 71.5 Å². The molecule has 4 nitrogen and oxygen atoms in total. The van der Waals surface area contributed by atoms with Gasteiger partial charge in [-0.25, -0.2) is 0 Å². The molecule has 0 saturated heterocycles. The van der Waals surface area contributed by atoms with Crippen molar-refractivity contribution in [1.29, 1.82) is 0 Å². The average Bonchev–Trinajstić information content (AvgIpc) is 3.01. The lowest BCUT2D eigenvalue weighted by Crippen LogP contribution is -2.18. The number of aryl methyl sites for hydroxylation is 1. The van der Waals surface area contributed by atoms with Crippen LogP contribution < -0.4 is 10.1 Å². The zero-order valence-electron chi connectivity index (χ0n) is 14.2. The molecule has 0 spiro atoms. The highest BCUT2D eigenvalue weighted by atomic mass is 16.5. The van der Waals surface area contributed by atoms with E-state index in [9.17, 15) is 0 Å². The van der Waals surface area contributed by atoms with Crippen LogP contribution in [0.2, 0.25) is 0 Å². The number of aromatic nitrogens is 1. The summed E-state index contributed by atoms with van der Waals surface area (Å²) in [7, 11) is 1.68. The molecular formula is C20H22N2O2. The van der Waals surface area contributed by atoms with Gasteiger partial charge in [-0.15, -0.1) is 0 Å². The minimum Gasteiger partial charge on any atom is -0.497 e. The predicted octanol–water partition coefficient (Wildman–Crippen LogP) is 4.51. The molecule has 0 aliphatic heterocycles. The first-order valence-corrected chi connectivity index (χ1v) is 8.07.